The van der Waals surface area contributed by atoms with Gasteiger partial charge in [0.15, 0.2) is 12.2 Å². The Labute approximate surface area is 128 Å². The molecule has 3 rings (SSSR count). The Morgan fingerprint density at radius 1 is 1.55 bits per heavy atom. The van der Waals surface area contributed by atoms with Crippen molar-refractivity contribution in [3.05, 3.63) is 36.9 Å². The Balaban J connectivity index is 1.78. The van der Waals surface area contributed by atoms with Crippen LogP contribution in [0.4, 0.5) is 5.69 Å². The number of oxazole rings is 1. The normalized spacial score (nSPS) is 21.0. The molecule has 0 saturated carbocycles. The van der Waals surface area contributed by atoms with Gasteiger partial charge in [0.2, 0.25) is 5.91 Å². The summed E-state index contributed by atoms with van der Waals surface area (Å²) in [6.07, 6.45) is 3.81. The van der Waals surface area contributed by atoms with E-state index in [0.717, 1.165) is 24.2 Å². The van der Waals surface area contributed by atoms with Crippen molar-refractivity contribution in [1.29, 1.82) is 0 Å². The topological polar surface area (TPSA) is 76.4 Å². The number of methoxy groups -OCH3 is 1. The van der Waals surface area contributed by atoms with E-state index in [0.29, 0.717) is 18.9 Å². The van der Waals surface area contributed by atoms with Gasteiger partial charge in [-0.3, -0.25) is 4.79 Å². The summed E-state index contributed by atoms with van der Waals surface area (Å²) in [6.45, 7) is 1.87. The maximum absolute atomic E-state index is 12.7. The van der Waals surface area contributed by atoms with E-state index < -0.39 is 5.41 Å². The smallest absolute Gasteiger partial charge is 0.234 e. The van der Waals surface area contributed by atoms with Gasteiger partial charge in [-0.1, -0.05) is 12.1 Å². The maximum Gasteiger partial charge on any atom is 0.234 e. The summed E-state index contributed by atoms with van der Waals surface area (Å²) in [7, 11) is 1.62. The number of carbonyl (C=O) groups excluding carboxylic acids is 1. The zero-order chi connectivity index (χ0) is 15.4. The molecule has 1 aromatic carbocycles. The summed E-state index contributed by atoms with van der Waals surface area (Å²) >= 11 is 0. The number of benzene rings is 1. The molecule has 6 heteroatoms. The highest BCUT2D eigenvalue weighted by atomic mass is 16.5. The quantitative estimate of drug-likeness (QED) is 0.882. The van der Waals surface area contributed by atoms with Gasteiger partial charge in [-0.15, -0.1) is 0 Å². The molecule has 2 N–H and O–H groups in total. The molecule has 2 aromatic rings. The zero-order valence-electron chi connectivity index (χ0n) is 12.5. The summed E-state index contributed by atoms with van der Waals surface area (Å²) in [5.74, 6) is 0.652. The van der Waals surface area contributed by atoms with E-state index in [1.807, 2.05) is 24.3 Å². The second kappa shape index (κ2) is 6.29. The monoisotopic (exact) mass is 301 g/mol. The largest absolute Gasteiger partial charge is 0.444 e. The minimum absolute atomic E-state index is 0.0194. The van der Waals surface area contributed by atoms with Crippen LogP contribution in [0.5, 0.6) is 0 Å². The van der Waals surface area contributed by atoms with Crippen molar-refractivity contribution < 1.29 is 13.9 Å². The molecule has 116 valence electrons. The molecule has 1 amide bonds. The molecular formula is C16H19N3O3. The summed E-state index contributed by atoms with van der Waals surface area (Å²) in [5.41, 5.74) is 1.11. The fourth-order valence-electron chi connectivity index (χ4n) is 2.77. The Bertz CT molecular complexity index is 634. The number of amides is 1. The van der Waals surface area contributed by atoms with Crippen LogP contribution in [0.2, 0.25) is 0 Å². The van der Waals surface area contributed by atoms with E-state index in [1.165, 1.54) is 6.39 Å². The van der Waals surface area contributed by atoms with Gasteiger partial charge in [0, 0.05) is 24.9 Å². The molecule has 0 bridgehead atoms. The molecule has 2 heterocycles. The first-order valence-corrected chi connectivity index (χ1v) is 7.24. The first kappa shape index (κ1) is 14.7. The molecule has 1 fully saturated rings. The molecular weight excluding hydrogens is 282 g/mol. The molecule has 1 aromatic heterocycles. The summed E-state index contributed by atoms with van der Waals surface area (Å²) in [5, 5.41) is 6.23. The Kier molecular flexibility index (Phi) is 4.22. The van der Waals surface area contributed by atoms with E-state index >= 15 is 0 Å². The summed E-state index contributed by atoms with van der Waals surface area (Å²) < 4.78 is 10.5. The van der Waals surface area contributed by atoms with Gasteiger partial charge < -0.3 is 19.8 Å². The highest BCUT2D eigenvalue weighted by molar-refractivity contribution is 5.96. The molecule has 1 unspecified atom stereocenters. The van der Waals surface area contributed by atoms with E-state index in [9.17, 15) is 4.79 Å². The maximum atomic E-state index is 12.7. The predicted octanol–water partition coefficient (Wildman–Crippen LogP) is 1.91. The third kappa shape index (κ3) is 2.88. The lowest BCUT2D eigenvalue weighted by molar-refractivity contribution is -0.127. The summed E-state index contributed by atoms with van der Waals surface area (Å²) in [6, 6.07) is 7.53. The van der Waals surface area contributed by atoms with Gasteiger partial charge in [-0.2, -0.15) is 0 Å². The number of carbonyl (C=O) groups is 1. The highest BCUT2D eigenvalue weighted by Gasteiger charge is 2.41. The number of hydrogen-bond acceptors (Lipinski definition) is 5. The van der Waals surface area contributed by atoms with E-state index in [1.54, 1.807) is 13.3 Å². The average molecular weight is 301 g/mol. The second-order valence-electron chi connectivity index (χ2n) is 5.54. The molecule has 0 spiro atoms. The van der Waals surface area contributed by atoms with Crippen molar-refractivity contribution in [2.45, 2.75) is 6.42 Å². The first-order valence-electron chi connectivity index (χ1n) is 7.24. The molecule has 1 atom stereocenters. The highest BCUT2D eigenvalue weighted by Crippen LogP contribution is 2.29. The molecule has 1 aliphatic rings. The summed E-state index contributed by atoms with van der Waals surface area (Å²) in [4.78, 5) is 16.6. The number of nitrogens with zero attached hydrogens (tertiary/aromatic N) is 1. The number of aromatic nitrogens is 1. The van der Waals surface area contributed by atoms with Gasteiger partial charge in [-0.25, -0.2) is 4.98 Å². The van der Waals surface area contributed by atoms with Crippen molar-refractivity contribution in [2.75, 3.05) is 32.1 Å². The lowest BCUT2D eigenvalue weighted by Gasteiger charge is -2.26. The van der Waals surface area contributed by atoms with E-state index in [-0.39, 0.29) is 5.91 Å². The molecule has 1 saturated heterocycles. The lowest BCUT2D eigenvalue weighted by Crippen LogP contribution is -2.41. The standard InChI is InChI=1S/C16H19N3O3/c1-21-10-16(5-6-17-9-16)15(20)19-13-4-2-3-12(7-13)14-8-18-11-22-14/h2-4,7-8,11,17H,5-6,9-10H2,1H3,(H,19,20). The van der Waals surface area contributed by atoms with E-state index in [2.05, 4.69) is 15.6 Å². The predicted molar refractivity (Wildman–Crippen MR) is 82.4 cm³/mol. The second-order valence-corrected chi connectivity index (χ2v) is 5.54. The van der Waals surface area contributed by atoms with Crippen LogP contribution in [0.15, 0.2) is 41.3 Å². The Morgan fingerprint density at radius 3 is 3.14 bits per heavy atom. The van der Waals surface area contributed by atoms with Crippen LogP contribution in [0.3, 0.4) is 0 Å². The number of nitrogens with one attached hydrogen (secondary N) is 2. The van der Waals surface area contributed by atoms with Crippen molar-refractivity contribution in [2.24, 2.45) is 5.41 Å². The van der Waals surface area contributed by atoms with Gasteiger partial charge in [0.1, 0.15) is 0 Å². The van der Waals surface area contributed by atoms with Crippen LogP contribution in [0, 0.1) is 5.41 Å². The van der Waals surface area contributed by atoms with Crippen LogP contribution in [-0.2, 0) is 9.53 Å². The van der Waals surface area contributed by atoms with Gasteiger partial charge in [0.05, 0.1) is 18.2 Å². The first-order chi connectivity index (χ1) is 10.7. The number of rotatable bonds is 5. The van der Waals surface area contributed by atoms with Crippen LogP contribution >= 0.6 is 0 Å². The number of ether oxygens (including phenoxy) is 1. The molecule has 22 heavy (non-hydrogen) atoms. The van der Waals surface area contributed by atoms with Crippen molar-refractivity contribution >= 4 is 11.6 Å². The molecule has 0 aliphatic carbocycles. The zero-order valence-corrected chi connectivity index (χ0v) is 12.5. The lowest BCUT2D eigenvalue weighted by atomic mass is 9.87. The van der Waals surface area contributed by atoms with Crippen LogP contribution in [0.1, 0.15) is 6.42 Å². The van der Waals surface area contributed by atoms with Crippen molar-refractivity contribution in [3.8, 4) is 11.3 Å². The minimum atomic E-state index is -0.503. The fourth-order valence-corrected chi connectivity index (χ4v) is 2.77. The van der Waals surface area contributed by atoms with Gasteiger partial charge in [-0.05, 0) is 25.1 Å². The van der Waals surface area contributed by atoms with Crippen LogP contribution in [0.25, 0.3) is 11.3 Å². The van der Waals surface area contributed by atoms with E-state index in [4.69, 9.17) is 9.15 Å². The van der Waals surface area contributed by atoms with Crippen molar-refractivity contribution in [3.63, 3.8) is 0 Å². The van der Waals surface area contributed by atoms with Crippen LogP contribution in [-0.4, -0.2) is 37.7 Å². The van der Waals surface area contributed by atoms with Crippen LogP contribution < -0.4 is 10.6 Å². The Hall–Kier alpha value is -2.18. The Morgan fingerprint density at radius 2 is 2.45 bits per heavy atom. The molecule has 0 radical (unpaired) electrons. The molecule has 6 nitrogen and oxygen atoms in total. The third-order valence-corrected chi connectivity index (χ3v) is 3.98. The molecule has 1 aliphatic heterocycles. The minimum Gasteiger partial charge on any atom is -0.444 e. The van der Waals surface area contributed by atoms with Crippen molar-refractivity contribution in [1.82, 2.24) is 10.3 Å². The van der Waals surface area contributed by atoms with Gasteiger partial charge >= 0.3 is 0 Å². The number of hydrogen-bond donors (Lipinski definition) is 2. The third-order valence-electron chi connectivity index (χ3n) is 3.98. The average Bonchev–Trinajstić information content (AvgIpc) is 3.20. The SMILES string of the molecule is COCC1(C(=O)Nc2cccc(-c3cnco3)c2)CCNC1. The van der Waals surface area contributed by atoms with Gasteiger partial charge in [0.25, 0.3) is 0 Å². The number of anilines is 1. The fraction of sp³-hybridized carbons (Fsp3) is 0.375.